The normalized spacial score (nSPS) is 11.5. The van der Waals surface area contributed by atoms with Gasteiger partial charge in [0.25, 0.3) is 0 Å². The number of hydrogen-bond acceptors (Lipinski definition) is 5. The minimum atomic E-state index is -0.596. The lowest BCUT2D eigenvalue weighted by Gasteiger charge is -1.94. The highest BCUT2D eigenvalue weighted by molar-refractivity contribution is 7.71. The quantitative estimate of drug-likeness (QED) is 0.322. The van der Waals surface area contributed by atoms with E-state index in [4.69, 9.17) is 16.6 Å². The van der Waals surface area contributed by atoms with Crippen molar-refractivity contribution in [1.82, 2.24) is 9.24 Å². The van der Waals surface area contributed by atoms with Crippen LogP contribution >= 0.6 is 12.2 Å². The molecular formula is C13H10N4O3S. The van der Waals surface area contributed by atoms with Gasteiger partial charge in [-0.3, -0.25) is 10.1 Å². The monoisotopic (exact) mass is 302 g/mol. The van der Waals surface area contributed by atoms with Gasteiger partial charge in [0, 0.05) is 7.05 Å². The highest BCUT2D eigenvalue weighted by atomic mass is 32.1. The maximum absolute atomic E-state index is 10.6. The van der Waals surface area contributed by atoms with E-state index in [1.165, 1.54) is 18.3 Å². The summed E-state index contributed by atoms with van der Waals surface area (Å²) in [6.07, 6.45) is 1.40. The van der Waals surface area contributed by atoms with Gasteiger partial charge in [0.2, 0.25) is 4.77 Å². The molecule has 2 heterocycles. The van der Waals surface area contributed by atoms with Gasteiger partial charge in [0.1, 0.15) is 4.92 Å². The number of benzene rings is 1. The molecule has 7 nitrogen and oxygen atoms in total. The van der Waals surface area contributed by atoms with Gasteiger partial charge in [-0.1, -0.05) is 12.1 Å². The molecule has 0 fully saturated rings. The zero-order chi connectivity index (χ0) is 15.0. The fourth-order valence-corrected chi connectivity index (χ4v) is 2.25. The molecule has 0 atom stereocenters. The predicted molar refractivity (Wildman–Crippen MR) is 80.1 cm³/mol. The number of rotatable bonds is 3. The van der Waals surface area contributed by atoms with Gasteiger partial charge in [-0.25, -0.2) is 4.68 Å². The Kier molecular flexibility index (Phi) is 3.15. The highest BCUT2D eigenvalue weighted by Crippen LogP contribution is 2.17. The summed E-state index contributed by atoms with van der Waals surface area (Å²) >= 11 is 5.33. The molecule has 21 heavy (non-hydrogen) atoms. The second kappa shape index (κ2) is 4.98. The maximum Gasteiger partial charge on any atom is 0.433 e. The fraction of sp³-hybridized carbons (Fsp3) is 0.0769. The molecule has 0 aliphatic heterocycles. The minimum Gasteiger partial charge on any atom is -0.400 e. The van der Waals surface area contributed by atoms with Crippen LogP contribution in [-0.2, 0) is 7.05 Å². The average Bonchev–Trinajstić information content (AvgIpc) is 3.04. The molecule has 0 bridgehead atoms. The molecule has 3 rings (SSSR count). The van der Waals surface area contributed by atoms with Crippen LogP contribution in [0.15, 0.2) is 45.9 Å². The minimum absolute atomic E-state index is 0.288. The molecule has 8 heteroatoms. The molecule has 106 valence electrons. The number of para-hydroxylation sites is 2. The summed E-state index contributed by atoms with van der Waals surface area (Å²) in [4.78, 5) is 9.97. The maximum atomic E-state index is 10.6. The standard InChI is InChI=1S/C13H10N4O3S/c1-15-10-4-2-3-5-11(10)16(13(15)21)14-8-9-6-7-12(20-9)17(18)19/h2-8H,1H3. The third kappa shape index (κ3) is 2.25. The van der Waals surface area contributed by atoms with Crippen molar-refractivity contribution in [2.24, 2.45) is 12.1 Å². The van der Waals surface area contributed by atoms with Crippen molar-refractivity contribution in [2.75, 3.05) is 0 Å². The lowest BCUT2D eigenvalue weighted by atomic mass is 10.3. The van der Waals surface area contributed by atoms with Gasteiger partial charge in [0.15, 0.2) is 5.76 Å². The Hall–Kier alpha value is -2.74. The fourth-order valence-electron chi connectivity index (χ4n) is 2.01. The average molecular weight is 302 g/mol. The van der Waals surface area contributed by atoms with Gasteiger partial charge < -0.3 is 8.98 Å². The molecule has 0 aliphatic rings. The first-order valence-corrected chi connectivity index (χ1v) is 6.44. The van der Waals surface area contributed by atoms with Crippen molar-refractivity contribution in [3.8, 4) is 0 Å². The number of aryl methyl sites for hydroxylation is 1. The van der Waals surface area contributed by atoms with Crippen LogP contribution < -0.4 is 0 Å². The summed E-state index contributed by atoms with van der Waals surface area (Å²) in [6, 6.07) is 10.4. The van der Waals surface area contributed by atoms with Gasteiger partial charge in [-0.15, -0.1) is 0 Å². The SMILES string of the molecule is Cn1c(=S)n(N=Cc2ccc([N+](=O)[O-])o2)c2ccccc21. The summed E-state index contributed by atoms with van der Waals surface area (Å²) in [5.74, 6) is -0.0329. The van der Waals surface area contributed by atoms with Crippen LogP contribution in [0.4, 0.5) is 5.88 Å². The van der Waals surface area contributed by atoms with Crippen LogP contribution in [0.1, 0.15) is 5.76 Å². The molecule has 0 spiro atoms. The smallest absolute Gasteiger partial charge is 0.400 e. The van der Waals surface area contributed by atoms with Crippen LogP contribution in [0.2, 0.25) is 0 Å². The Labute approximate surface area is 123 Å². The zero-order valence-corrected chi connectivity index (χ0v) is 11.8. The van der Waals surface area contributed by atoms with E-state index in [0.29, 0.717) is 4.77 Å². The first-order valence-electron chi connectivity index (χ1n) is 6.03. The van der Waals surface area contributed by atoms with Crippen LogP contribution in [-0.4, -0.2) is 20.4 Å². The van der Waals surface area contributed by atoms with Gasteiger partial charge >= 0.3 is 5.88 Å². The molecule has 0 amide bonds. The summed E-state index contributed by atoms with van der Waals surface area (Å²) in [5.41, 5.74) is 1.80. The number of furan rings is 1. The lowest BCUT2D eigenvalue weighted by molar-refractivity contribution is -0.402. The van der Waals surface area contributed by atoms with E-state index in [-0.39, 0.29) is 11.6 Å². The van der Waals surface area contributed by atoms with Crippen molar-refractivity contribution in [3.63, 3.8) is 0 Å². The van der Waals surface area contributed by atoms with Crippen molar-refractivity contribution in [1.29, 1.82) is 0 Å². The van der Waals surface area contributed by atoms with E-state index in [9.17, 15) is 10.1 Å². The number of fused-ring (bicyclic) bond motifs is 1. The number of aromatic nitrogens is 2. The Bertz CT molecular complexity index is 919. The Balaban J connectivity index is 2.05. The van der Waals surface area contributed by atoms with E-state index in [1.54, 1.807) is 4.68 Å². The van der Waals surface area contributed by atoms with E-state index in [1.807, 2.05) is 35.9 Å². The Morgan fingerprint density at radius 1 is 1.29 bits per heavy atom. The molecule has 0 N–H and O–H groups in total. The van der Waals surface area contributed by atoms with Crippen molar-refractivity contribution >= 4 is 35.4 Å². The number of nitro groups is 1. The van der Waals surface area contributed by atoms with Crippen molar-refractivity contribution < 1.29 is 9.34 Å². The molecule has 0 saturated carbocycles. The number of imidazole rings is 1. The van der Waals surface area contributed by atoms with E-state index >= 15 is 0 Å². The third-order valence-electron chi connectivity index (χ3n) is 3.03. The van der Waals surface area contributed by atoms with Crippen molar-refractivity contribution in [3.05, 3.63) is 57.0 Å². The van der Waals surface area contributed by atoms with Crippen LogP contribution in [0.25, 0.3) is 11.0 Å². The van der Waals surface area contributed by atoms with Crippen molar-refractivity contribution in [2.45, 2.75) is 0 Å². The first-order chi connectivity index (χ1) is 10.1. The first kappa shape index (κ1) is 13.3. The second-order valence-corrected chi connectivity index (χ2v) is 4.68. The number of nitrogens with zero attached hydrogens (tertiary/aromatic N) is 4. The van der Waals surface area contributed by atoms with Gasteiger partial charge in [0.05, 0.1) is 23.3 Å². The Morgan fingerprint density at radius 2 is 2.00 bits per heavy atom. The molecule has 3 aromatic rings. The second-order valence-electron chi connectivity index (χ2n) is 4.32. The molecule has 2 aromatic heterocycles. The van der Waals surface area contributed by atoms with Crippen LogP contribution in [0.3, 0.4) is 0 Å². The summed E-state index contributed by atoms with van der Waals surface area (Å²) in [5, 5.41) is 14.8. The molecular weight excluding hydrogens is 292 g/mol. The molecule has 0 aliphatic carbocycles. The summed E-state index contributed by atoms with van der Waals surface area (Å²) in [7, 11) is 1.86. The lowest BCUT2D eigenvalue weighted by Crippen LogP contribution is -1.92. The molecule has 0 radical (unpaired) electrons. The molecule has 0 unspecified atom stereocenters. The topological polar surface area (TPSA) is 78.5 Å². The predicted octanol–water partition coefficient (Wildman–Crippen LogP) is 3.09. The van der Waals surface area contributed by atoms with E-state index < -0.39 is 4.92 Å². The highest BCUT2D eigenvalue weighted by Gasteiger charge is 2.11. The summed E-state index contributed by atoms with van der Waals surface area (Å²) < 4.78 is 8.97. The number of hydrogen-bond donors (Lipinski definition) is 0. The van der Waals surface area contributed by atoms with E-state index in [0.717, 1.165) is 11.0 Å². The van der Waals surface area contributed by atoms with Crippen LogP contribution in [0, 0.1) is 14.9 Å². The largest absolute Gasteiger partial charge is 0.433 e. The third-order valence-corrected chi connectivity index (χ3v) is 3.48. The molecule has 0 saturated heterocycles. The van der Waals surface area contributed by atoms with Crippen LogP contribution in [0.5, 0.6) is 0 Å². The van der Waals surface area contributed by atoms with Gasteiger partial charge in [-0.2, -0.15) is 5.10 Å². The Morgan fingerprint density at radius 3 is 2.67 bits per heavy atom. The zero-order valence-electron chi connectivity index (χ0n) is 11.0. The van der Waals surface area contributed by atoms with Gasteiger partial charge in [-0.05, 0) is 30.4 Å². The summed E-state index contributed by atoms with van der Waals surface area (Å²) in [6.45, 7) is 0. The van der Waals surface area contributed by atoms with E-state index in [2.05, 4.69) is 5.10 Å². The molecule has 1 aromatic carbocycles.